The molecule has 0 aliphatic rings. The van der Waals surface area contributed by atoms with Gasteiger partial charge in [0.05, 0.1) is 34.4 Å². The third-order valence-corrected chi connectivity index (χ3v) is 12.0. The van der Waals surface area contributed by atoms with Crippen LogP contribution in [0, 0.1) is 0 Å². The number of rotatable bonds is 47. The molecule has 0 spiro atoms. The number of unbranched alkanes of at least 4 members (excludes halogenated alkanes) is 29. The van der Waals surface area contributed by atoms with Crippen molar-refractivity contribution in [1.29, 1.82) is 0 Å². The van der Waals surface area contributed by atoms with Crippen LogP contribution in [-0.4, -0.2) is 70.7 Å². The summed E-state index contributed by atoms with van der Waals surface area (Å²) in [7, 11) is 1.36. The second-order valence-corrected chi connectivity index (χ2v) is 19.6. The smallest absolute Gasteiger partial charge is 0.306 e. The highest BCUT2D eigenvalue weighted by molar-refractivity contribution is 7.45. The van der Waals surface area contributed by atoms with Gasteiger partial charge in [-0.25, -0.2) is 0 Å². The van der Waals surface area contributed by atoms with E-state index in [0.717, 1.165) is 38.5 Å². The molecular formula is C50H98NO7P. The molecule has 59 heavy (non-hydrogen) atoms. The minimum absolute atomic E-state index is 0.0275. The average Bonchev–Trinajstić information content (AvgIpc) is 3.19. The quantitative estimate of drug-likeness (QED) is 0.0198. The first-order valence-corrected chi connectivity index (χ1v) is 26.5. The Labute approximate surface area is 366 Å². The second kappa shape index (κ2) is 43.6. The van der Waals surface area contributed by atoms with E-state index < -0.39 is 13.9 Å². The Hall–Kier alpha value is -1.02. The van der Waals surface area contributed by atoms with Gasteiger partial charge in [0.15, 0.2) is 0 Å². The fourth-order valence-electron chi connectivity index (χ4n) is 7.11. The lowest BCUT2D eigenvalue weighted by molar-refractivity contribution is -0.870. The highest BCUT2D eigenvalue weighted by atomic mass is 31.2. The molecule has 0 saturated carbocycles. The molecule has 0 heterocycles. The summed E-state index contributed by atoms with van der Waals surface area (Å²) >= 11 is 0. The predicted molar refractivity (Wildman–Crippen MR) is 250 cm³/mol. The second-order valence-electron chi connectivity index (χ2n) is 18.2. The van der Waals surface area contributed by atoms with Crippen LogP contribution >= 0.6 is 7.82 Å². The first kappa shape index (κ1) is 58.0. The predicted octanol–water partition coefficient (Wildman–Crippen LogP) is 14.5. The zero-order valence-electron chi connectivity index (χ0n) is 39.7. The monoisotopic (exact) mass is 856 g/mol. The molecule has 9 heteroatoms. The number of esters is 1. The van der Waals surface area contributed by atoms with E-state index in [0.29, 0.717) is 24.1 Å². The minimum Gasteiger partial charge on any atom is -0.756 e. The van der Waals surface area contributed by atoms with Crippen LogP contribution in [0.4, 0.5) is 0 Å². The van der Waals surface area contributed by atoms with Crippen LogP contribution in [0.25, 0.3) is 0 Å². The van der Waals surface area contributed by atoms with Crippen LogP contribution in [0.1, 0.15) is 232 Å². The van der Waals surface area contributed by atoms with Crippen LogP contribution in [0.5, 0.6) is 0 Å². The topological polar surface area (TPSA) is 94.1 Å². The van der Waals surface area contributed by atoms with E-state index >= 15 is 0 Å². The summed E-state index contributed by atoms with van der Waals surface area (Å²) in [4.78, 5) is 25.1. The van der Waals surface area contributed by atoms with E-state index in [1.165, 1.54) is 173 Å². The summed E-state index contributed by atoms with van der Waals surface area (Å²) in [5, 5.41) is 0. The maximum absolute atomic E-state index is 12.7. The summed E-state index contributed by atoms with van der Waals surface area (Å²) in [5.74, 6) is -0.334. The van der Waals surface area contributed by atoms with Gasteiger partial charge in [0.2, 0.25) is 0 Å². The SMILES string of the molecule is CCCCCCC/C=C\C/C=C\CCCCCCCCCCCC(=O)OC(COCCCCCCCCCCCCCCCCCC)COP(=O)([O-])OCC[N+](C)(C)C. The average molecular weight is 856 g/mol. The number of phosphoric acid groups is 1. The maximum atomic E-state index is 12.7. The summed E-state index contributed by atoms with van der Waals surface area (Å²) in [6.45, 7) is 5.44. The van der Waals surface area contributed by atoms with Crippen LogP contribution < -0.4 is 4.89 Å². The molecule has 8 nitrogen and oxygen atoms in total. The maximum Gasteiger partial charge on any atom is 0.306 e. The molecule has 0 fully saturated rings. The third-order valence-electron chi connectivity index (χ3n) is 11.0. The molecule has 350 valence electrons. The number of allylic oxidation sites excluding steroid dienone is 4. The Balaban J connectivity index is 4.14. The number of nitrogens with zero attached hydrogens (tertiary/aromatic N) is 1. The number of ether oxygens (including phenoxy) is 2. The van der Waals surface area contributed by atoms with Crippen molar-refractivity contribution in [3.8, 4) is 0 Å². The van der Waals surface area contributed by atoms with Crippen molar-refractivity contribution >= 4 is 13.8 Å². The largest absolute Gasteiger partial charge is 0.756 e. The van der Waals surface area contributed by atoms with Gasteiger partial charge in [0, 0.05) is 13.0 Å². The van der Waals surface area contributed by atoms with Crippen molar-refractivity contribution in [3.63, 3.8) is 0 Å². The Morgan fingerprint density at radius 3 is 1.37 bits per heavy atom. The van der Waals surface area contributed by atoms with E-state index in [-0.39, 0.29) is 25.8 Å². The third kappa shape index (κ3) is 47.9. The highest BCUT2D eigenvalue weighted by Crippen LogP contribution is 2.38. The zero-order valence-corrected chi connectivity index (χ0v) is 40.6. The van der Waals surface area contributed by atoms with Crippen LogP contribution in [0.3, 0.4) is 0 Å². The molecule has 2 unspecified atom stereocenters. The number of hydrogen-bond acceptors (Lipinski definition) is 7. The van der Waals surface area contributed by atoms with E-state index in [1.807, 2.05) is 21.1 Å². The molecular weight excluding hydrogens is 758 g/mol. The summed E-state index contributed by atoms with van der Waals surface area (Å²) < 4.78 is 34.7. The lowest BCUT2D eigenvalue weighted by Crippen LogP contribution is -2.37. The molecule has 0 N–H and O–H groups in total. The molecule has 0 aliphatic heterocycles. The van der Waals surface area contributed by atoms with Gasteiger partial charge in [0.1, 0.15) is 19.3 Å². The van der Waals surface area contributed by atoms with Crippen molar-refractivity contribution in [2.24, 2.45) is 0 Å². The van der Waals surface area contributed by atoms with Gasteiger partial charge < -0.3 is 27.9 Å². The minimum atomic E-state index is -4.53. The fourth-order valence-corrected chi connectivity index (χ4v) is 7.84. The molecule has 0 bridgehead atoms. The zero-order chi connectivity index (χ0) is 43.4. The van der Waals surface area contributed by atoms with Crippen molar-refractivity contribution < 1.29 is 37.3 Å². The lowest BCUT2D eigenvalue weighted by atomic mass is 10.0. The first-order valence-electron chi connectivity index (χ1n) is 25.1. The van der Waals surface area contributed by atoms with Crippen molar-refractivity contribution in [3.05, 3.63) is 24.3 Å². The van der Waals surface area contributed by atoms with E-state index in [2.05, 4.69) is 38.2 Å². The van der Waals surface area contributed by atoms with E-state index in [9.17, 15) is 14.3 Å². The molecule has 0 aromatic heterocycles. The standard InChI is InChI=1S/C50H98NO7P/c1-6-8-10-12-14-16-18-20-22-24-25-26-27-28-29-31-33-35-37-39-41-43-50(52)58-49(48-57-59(53,54)56-46-44-51(3,4)5)47-55-45-42-40-38-36-34-32-30-23-21-19-17-15-13-11-9-7-2/h18,20,24-25,49H,6-17,19,21-23,26-48H2,1-5H3/b20-18-,25-24-. The Bertz CT molecular complexity index is 998. The molecule has 0 rings (SSSR count). The van der Waals surface area contributed by atoms with Crippen molar-refractivity contribution in [2.45, 2.75) is 238 Å². The summed E-state index contributed by atoms with van der Waals surface area (Å²) in [6.07, 6.45) is 50.5. The van der Waals surface area contributed by atoms with Crippen LogP contribution in [0.2, 0.25) is 0 Å². The highest BCUT2D eigenvalue weighted by Gasteiger charge is 2.20. The number of phosphoric ester groups is 1. The fraction of sp³-hybridized carbons (Fsp3) is 0.900. The summed E-state index contributed by atoms with van der Waals surface area (Å²) in [6, 6.07) is 0. The lowest BCUT2D eigenvalue weighted by Gasteiger charge is -2.28. The van der Waals surface area contributed by atoms with E-state index in [1.54, 1.807) is 0 Å². The Morgan fingerprint density at radius 1 is 0.525 bits per heavy atom. The number of carbonyl (C=O) groups excluding carboxylic acids is 1. The molecule has 0 aromatic carbocycles. The normalized spacial score (nSPS) is 13.8. The van der Waals surface area contributed by atoms with Gasteiger partial charge in [-0.15, -0.1) is 0 Å². The molecule has 0 radical (unpaired) electrons. The molecule has 2 atom stereocenters. The molecule has 0 aromatic rings. The number of carbonyl (C=O) groups is 1. The molecule has 0 saturated heterocycles. The van der Waals surface area contributed by atoms with Crippen molar-refractivity contribution in [1.82, 2.24) is 0 Å². The van der Waals surface area contributed by atoms with E-state index in [4.69, 9.17) is 18.5 Å². The van der Waals surface area contributed by atoms with Gasteiger partial charge in [-0.2, -0.15) is 0 Å². The van der Waals surface area contributed by atoms with Crippen LogP contribution in [-0.2, 0) is 27.9 Å². The summed E-state index contributed by atoms with van der Waals surface area (Å²) in [5.41, 5.74) is 0. The Morgan fingerprint density at radius 2 is 0.932 bits per heavy atom. The van der Waals surface area contributed by atoms with Crippen LogP contribution in [0.15, 0.2) is 24.3 Å². The van der Waals surface area contributed by atoms with Gasteiger partial charge in [-0.1, -0.05) is 205 Å². The van der Waals surface area contributed by atoms with Gasteiger partial charge in [-0.05, 0) is 44.9 Å². The number of hydrogen-bond donors (Lipinski definition) is 0. The number of likely N-dealkylation sites (N-methyl/N-ethyl adjacent to an activating group) is 1. The van der Waals surface area contributed by atoms with Gasteiger partial charge in [0.25, 0.3) is 7.82 Å². The first-order chi connectivity index (χ1) is 28.6. The molecule has 0 amide bonds. The molecule has 0 aliphatic carbocycles. The number of quaternary nitrogens is 1. The van der Waals surface area contributed by atoms with Gasteiger partial charge >= 0.3 is 5.97 Å². The van der Waals surface area contributed by atoms with Gasteiger partial charge in [-0.3, -0.25) is 9.36 Å². The van der Waals surface area contributed by atoms with Crippen molar-refractivity contribution in [2.75, 3.05) is 54.1 Å². The Kier molecular flexibility index (Phi) is 42.9.